The van der Waals surface area contributed by atoms with Crippen molar-refractivity contribution < 1.29 is 18.9 Å². The number of oxime groups is 1. The lowest BCUT2D eigenvalue weighted by molar-refractivity contribution is -0.119. The summed E-state index contributed by atoms with van der Waals surface area (Å²) in [5.74, 6) is 0.271. The average Bonchev–Trinajstić information content (AvgIpc) is 3.45. The van der Waals surface area contributed by atoms with E-state index in [0.29, 0.717) is 30.1 Å². The van der Waals surface area contributed by atoms with Crippen LogP contribution in [-0.2, 0) is 16.2 Å². The van der Waals surface area contributed by atoms with Gasteiger partial charge in [0.05, 0.1) is 18.8 Å². The van der Waals surface area contributed by atoms with Gasteiger partial charge in [0.25, 0.3) is 5.91 Å². The molecule has 1 aromatic heterocycles. The summed E-state index contributed by atoms with van der Waals surface area (Å²) >= 11 is 0. The zero-order valence-electron chi connectivity index (χ0n) is 17.8. The van der Waals surface area contributed by atoms with Crippen LogP contribution in [0, 0.1) is 0 Å². The monoisotopic (exact) mass is 433 g/mol. The molecule has 1 saturated heterocycles. The van der Waals surface area contributed by atoms with E-state index in [9.17, 15) is 9.59 Å². The number of hydrogen-bond donors (Lipinski definition) is 1. The van der Waals surface area contributed by atoms with Crippen molar-refractivity contribution in [2.75, 3.05) is 13.7 Å². The average molecular weight is 433 g/mol. The predicted octanol–water partition coefficient (Wildman–Crippen LogP) is 2.96. The van der Waals surface area contributed by atoms with Crippen LogP contribution in [0.15, 0.2) is 64.3 Å². The van der Waals surface area contributed by atoms with Crippen molar-refractivity contribution in [3.63, 3.8) is 0 Å². The molecule has 0 aliphatic carbocycles. The minimum Gasteiger partial charge on any atom is -0.399 e. The molecular formula is C23H23N5O4. The zero-order chi connectivity index (χ0) is 22.5. The maximum Gasteiger partial charge on any atom is 0.254 e. The number of benzene rings is 2. The lowest BCUT2D eigenvalue weighted by Crippen LogP contribution is -2.31. The van der Waals surface area contributed by atoms with E-state index in [1.165, 1.54) is 14.0 Å². The largest absolute Gasteiger partial charge is 0.399 e. The summed E-state index contributed by atoms with van der Waals surface area (Å²) in [4.78, 5) is 35.4. The molecule has 9 nitrogen and oxygen atoms in total. The predicted molar refractivity (Wildman–Crippen MR) is 117 cm³/mol. The maximum absolute atomic E-state index is 13.3. The normalized spacial score (nSPS) is 16.9. The highest BCUT2D eigenvalue weighted by molar-refractivity contribution is 6.00. The molecule has 164 valence electrons. The molecule has 0 saturated carbocycles. The molecule has 1 atom stereocenters. The SMILES string of the molecule is CO/N=C1\C[C@@H](c2noc(CNC(C)=O)n2)N(C(=O)c2ccc(-c3ccccc3)cc2)C1. The first-order valence-electron chi connectivity index (χ1n) is 10.2. The first kappa shape index (κ1) is 21.2. The smallest absolute Gasteiger partial charge is 0.254 e. The molecule has 3 aromatic rings. The van der Waals surface area contributed by atoms with E-state index in [-0.39, 0.29) is 24.2 Å². The van der Waals surface area contributed by atoms with E-state index in [4.69, 9.17) is 9.36 Å². The molecule has 4 rings (SSSR count). The van der Waals surface area contributed by atoms with Gasteiger partial charge >= 0.3 is 0 Å². The van der Waals surface area contributed by atoms with Crippen molar-refractivity contribution in [2.24, 2.45) is 5.16 Å². The Morgan fingerprint density at radius 2 is 1.88 bits per heavy atom. The van der Waals surface area contributed by atoms with Gasteiger partial charge in [-0.05, 0) is 23.3 Å². The van der Waals surface area contributed by atoms with Crippen LogP contribution in [0.5, 0.6) is 0 Å². The molecule has 0 radical (unpaired) electrons. The van der Waals surface area contributed by atoms with Crippen molar-refractivity contribution in [3.05, 3.63) is 71.9 Å². The van der Waals surface area contributed by atoms with Gasteiger partial charge in [0.15, 0.2) is 5.82 Å². The molecule has 1 fully saturated rings. The fraction of sp³-hybridized carbons (Fsp3) is 0.261. The summed E-state index contributed by atoms with van der Waals surface area (Å²) in [7, 11) is 1.47. The Kier molecular flexibility index (Phi) is 6.25. The zero-order valence-corrected chi connectivity index (χ0v) is 17.8. The second-order valence-corrected chi connectivity index (χ2v) is 7.39. The molecule has 1 aliphatic heterocycles. The third-order valence-electron chi connectivity index (χ3n) is 5.15. The molecule has 0 unspecified atom stereocenters. The van der Waals surface area contributed by atoms with Gasteiger partial charge in [-0.1, -0.05) is 52.8 Å². The van der Waals surface area contributed by atoms with E-state index in [2.05, 4.69) is 20.6 Å². The van der Waals surface area contributed by atoms with Crippen molar-refractivity contribution in [3.8, 4) is 11.1 Å². The third-order valence-corrected chi connectivity index (χ3v) is 5.15. The fourth-order valence-corrected chi connectivity index (χ4v) is 3.62. The standard InChI is InChI=1S/C23H23N5O4/c1-15(29)24-13-21-25-22(27-32-21)20-12-19(26-31-2)14-28(20)23(30)18-10-8-17(9-11-18)16-6-4-3-5-7-16/h3-11,20H,12-14H2,1-2H3,(H,24,29)/b26-19+/t20-/m0/s1. The van der Waals surface area contributed by atoms with Crippen LogP contribution in [0.4, 0.5) is 0 Å². The first-order chi connectivity index (χ1) is 15.5. The number of aromatic nitrogens is 2. The molecule has 0 bridgehead atoms. The topological polar surface area (TPSA) is 110 Å². The molecule has 1 N–H and O–H groups in total. The van der Waals surface area contributed by atoms with Crippen LogP contribution in [0.25, 0.3) is 11.1 Å². The Labute approximate surface area is 185 Å². The Morgan fingerprint density at radius 3 is 2.56 bits per heavy atom. The molecule has 2 amide bonds. The van der Waals surface area contributed by atoms with Crippen LogP contribution in [0.3, 0.4) is 0 Å². The molecular weight excluding hydrogens is 410 g/mol. The lowest BCUT2D eigenvalue weighted by atomic mass is 10.0. The number of hydrogen-bond acceptors (Lipinski definition) is 7. The van der Waals surface area contributed by atoms with Crippen LogP contribution in [0.1, 0.15) is 41.5 Å². The number of rotatable bonds is 6. The van der Waals surface area contributed by atoms with Crippen LogP contribution >= 0.6 is 0 Å². The van der Waals surface area contributed by atoms with Gasteiger partial charge in [-0.2, -0.15) is 4.98 Å². The van der Waals surface area contributed by atoms with Gasteiger partial charge in [-0.25, -0.2) is 0 Å². The van der Waals surface area contributed by atoms with Crippen molar-refractivity contribution in [1.82, 2.24) is 20.4 Å². The van der Waals surface area contributed by atoms with Gasteiger partial charge in [0, 0.05) is 18.9 Å². The fourth-order valence-electron chi connectivity index (χ4n) is 3.62. The highest BCUT2D eigenvalue weighted by atomic mass is 16.6. The number of nitrogens with one attached hydrogen (secondary N) is 1. The second kappa shape index (κ2) is 9.42. The summed E-state index contributed by atoms with van der Waals surface area (Å²) < 4.78 is 5.24. The van der Waals surface area contributed by atoms with E-state index in [1.54, 1.807) is 4.90 Å². The van der Waals surface area contributed by atoms with Crippen LogP contribution in [-0.4, -0.2) is 46.2 Å². The lowest BCUT2D eigenvalue weighted by Gasteiger charge is -2.21. The van der Waals surface area contributed by atoms with Crippen molar-refractivity contribution >= 4 is 17.5 Å². The molecule has 2 aromatic carbocycles. The van der Waals surface area contributed by atoms with Gasteiger partial charge in [-0.3, -0.25) is 9.59 Å². The maximum atomic E-state index is 13.3. The summed E-state index contributed by atoms with van der Waals surface area (Å²) in [6, 6.07) is 17.0. The molecule has 1 aliphatic rings. The third kappa shape index (κ3) is 4.66. The summed E-state index contributed by atoms with van der Waals surface area (Å²) in [5, 5.41) is 10.7. The minimum absolute atomic E-state index is 0.128. The number of likely N-dealkylation sites (tertiary alicyclic amines) is 1. The highest BCUT2D eigenvalue weighted by Gasteiger charge is 2.37. The molecule has 0 spiro atoms. The van der Waals surface area contributed by atoms with Crippen molar-refractivity contribution in [1.29, 1.82) is 0 Å². The Balaban J connectivity index is 1.56. The van der Waals surface area contributed by atoms with E-state index >= 15 is 0 Å². The van der Waals surface area contributed by atoms with Crippen molar-refractivity contribution in [2.45, 2.75) is 25.9 Å². The van der Waals surface area contributed by atoms with Gasteiger partial charge in [-0.15, -0.1) is 0 Å². The molecule has 2 heterocycles. The van der Waals surface area contributed by atoms with E-state index in [0.717, 1.165) is 11.1 Å². The summed E-state index contributed by atoms with van der Waals surface area (Å²) in [6.07, 6.45) is 0.431. The Morgan fingerprint density at radius 1 is 1.16 bits per heavy atom. The quantitative estimate of drug-likeness (QED) is 0.599. The van der Waals surface area contributed by atoms with Crippen LogP contribution in [0.2, 0.25) is 0 Å². The molecule has 9 heteroatoms. The number of amides is 2. The number of carbonyl (C=O) groups excluding carboxylic acids is 2. The van der Waals surface area contributed by atoms with Crippen LogP contribution < -0.4 is 5.32 Å². The van der Waals surface area contributed by atoms with Gasteiger partial charge in [0.2, 0.25) is 11.8 Å². The second-order valence-electron chi connectivity index (χ2n) is 7.39. The van der Waals surface area contributed by atoms with Gasteiger partial charge < -0.3 is 19.6 Å². The Bertz CT molecular complexity index is 1120. The van der Waals surface area contributed by atoms with E-state index in [1.807, 2.05) is 54.6 Å². The first-order valence-corrected chi connectivity index (χ1v) is 10.2. The van der Waals surface area contributed by atoms with E-state index < -0.39 is 6.04 Å². The Hall–Kier alpha value is -4.01. The summed E-state index contributed by atoms with van der Waals surface area (Å²) in [5.41, 5.74) is 3.37. The minimum atomic E-state index is -0.444. The molecule has 32 heavy (non-hydrogen) atoms. The summed E-state index contributed by atoms with van der Waals surface area (Å²) in [6.45, 7) is 1.83. The number of nitrogens with zero attached hydrogens (tertiary/aromatic N) is 4. The highest BCUT2D eigenvalue weighted by Crippen LogP contribution is 2.31. The number of carbonyl (C=O) groups is 2. The van der Waals surface area contributed by atoms with Gasteiger partial charge in [0.1, 0.15) is 13.2 Å².